The number of nitrogens with one attached hydrogen (secondary N) is 1. The average Bonchev–Trinajstić information content (AvgIpc) is 3.42. The number of hydrazone groups is 1. The van der Waals surface area contributed by atoms with Crippen molar-refractivity contribution in [2.24, 2.45) is 5.10 Å². The number of carbonyl (C=O) groups is 1. The zero-order chi connectivity index (χ0) is 22.3. The molecule has 162 valence electrons. The molecule has 0 radical (unpaired) electrons. The summed E-state index contributed by atoms with van der Waals surface area (Å²) in [5.74, 6) is 0.700. The van der Waals surface area contributed by atoms with Crippen LogP contribution in [-0.4, -0.2) is 27.4 Å². The number of amides is 1. The molecular weight excluding hydrogens is 444 g/mol. The van der Waals surface area contributed by atoms with Crippen molar-refractivity contribution in [1.29, 1.82) is 0 Å². The molecule has 0 aliphatic carbocycles. The Balaban J connectivity index is 1.43. The highest BCUT2D eigenvalue weighted by Gasteiger charge is 2.14. The number of furan rings is 1. The standard InChI is InChI=1S/C24H21ClN4O2S/c1-17(13-19-8-6-12-31-19)14-26-28-23(30)16-32-24-27-21-10-4-5-11-22(21)29(24)15-18-7-2-3-9-20(18)25/h2-14H,15-16H2,1H3,(H,28,30)/b17-13+,26-14-. The Kier molecular flexibility index (Phi) is 7.09. The second kappa shape index (κ2) is 10.3. The molecule has 0 aliphatic heterocycles. The van der Waals surface area contributed by atoms with Gasteiger partial charge in [-0.3, -0.25) is 4.79 Å². The van der Waals surface area contributed by atoms with Gasteiger partial charge in [0.05, 0.1) is 35.8 Å². The van der Waals surface area contributed by atoms with E-state index in [0.717, 1.165) is 33.1 Å². The second-order valence-corrected chi connectivity index (χ2v) is 8.40. The Morgan fingerprint density at radius 1 is 1.19 bits per heavy atom. The molecule has 4 aromatic rings. The molecule has 6 nitrogen and oxygen atoms in total. The molecule has 2 aromatic heterocycles. The molecule has 8 heteroatoms. The number of benzene rings is 2. The number of nitrogens with zero attached hydrogens (tertiary/aromatic N) is 3. The van der Waals surface area contributed by atoms with Crippen LogP contribution in [0.5, 0.6) is 0 Å². The Hall–Kier alpha value is -3.29. The van der Waals surface area contributed by atoms with Gasteiger partial charge in [-0.2, -0.15) is 5.10 Å². The lowest BCUT2D eigenvalue weighted by molar-refractivity contribution is -0.118. The first kappa shape index (κ1) is 21.9. The zero-order valence-electron chi connectivity index (χ0n) is 17.4. The molecule has 2 aromatic carbocycles. The number of fused-ring (bicyclic) bond motifs is 1. The van der Waals surface area contributed by atoms with Crippen molar-refractivity contribution in [2.45, 2.75) is 18.6 Å². The number of halogens is 1. The summed E-state index contributed by atoms with van der Waals surface area (Å²) in [4.78, 5) is 17.0. The quantitative estimate of drug-likeness (QED) is 0.208. The largest absolute Gasteiger partial charge is 0.465 e. The third-order valence-corrected chi connectivity index (χ3v) is 5.95. The molecule has 2 heterocycles. The zero-order valence-corrected chi connectivity index (χ0v) is 18.9. The van der Waals surface area contributed by atoms with Gasteiger partial charge in [0, 0.05) is 5.02 Å². The van der Waals surface area contributed by atoms with E-state index in [4.69, 9.17) is 21.0 Å². The van der Waals surface area contributed by atoms with E-state index in [1.54, 1.807) is 12.5 Å². The Labute approximate surface area is 195 Å². The van der Waals surface area contributed by atoms with Crippen LogP contribution in [0, 0.1) is 0 Å². The fourth-order valence-electron chi connectivity index (χ4n) is 3.12. The van der Waals surface area contributed by atoms with Crippen LogP contribution in [0.2, 0.25) is 5.02 Å². The van der Waals surface area contributed by atoms with Crippen molar-refractivity contribution in [2.75, 3.05) is 5.75 Å². The number of para-hydroxylation sites is 2. The molecule has 0 atom stereocenters. The first-order valence-corrected chi connectivity index (χ1v) is 11.3. The summed E-state index contributed by atoms with van der Waals surface area (Å²) in [5.41, 5.74) is 6.27. The number of rotatable bonds is 8. The summed E-state index contributed by atoms with van der Waals surface area (Å²) in [6, 6.07) is 19.3. The van der Waals surface area contributed by atoms with E-state index in [1.807, 2.05) is 73.7 Å². The average molecular weight is 465 g/mol. The summed E-state index contributed by atoms with van der Waals surface area (Å²) in [5, 5.41) is 5.47. The Bertz CT molecular complexity index is 1280. The van der Waals surface area contributed by atoms with Gasteiger partial charge in [-0.15, -0.1) is 0 Å². The minimum atomic E-state index is -0.214. The lowest BCUT2D eigenvalue weighted by atomic mass is 10.2. The van der Waals surface area contributed by atoms with Crippen LogP contribution in [0.1, 0.15) is 18.2 Å². The van der Waals surface area contributed by atoms with E-state index in [2.05, 4.69) is 15.1 Å². The number of imidazole rings is 1. The molecule has 0 saturated heterocycles. The molecule has 0 spiro atoms. The molecule has 0 saturated carbocycles. The Morgan fingerprint density at radius 3 is 2.81 bits per heavy atom. The fourth-order valence-corrected chi connectivity index (χ4v) is 4.12. The number of thioether (sulfide) groups is 1. The van der Waals surface area contributed by atoms with Gasteiger partial charge in [0.15, 0.2) is 5.16 Å². The van der Waals surface area contributed by atoms with E-state index < -0.39 is 0 Å². The highest BCUT2D eigenvalue weighted by atomic mass is 35.5. The van der Waals surface area contributed by atoms with Gasteiger partial charge in [0.2, 0.25) is 0 Å². The van der Waals surface area contributed by atoms with Gasteiger partial charge in [-0.05, 0) is 54.5 Å². The SMILES string of the molecule is CC(/C=N\NC(=O)CSc1nc2ccccc2n1Cc1ccccc1Cl)=C\c1ccco1. The topological polar surface area (TPSA) is 72.4 Å². The molecule has 32 heavy (non-hydrogen) atoms. The lowest BCUT2D eigenvalue weighted by Gasteiger charge is -2.10. The normalized spacial score (nSPS) is 12.0. The number of hydrogen-bond acceptors (Lipinski definition) is 5. The first-order chi connectivity index (χ1) is 15.6. The van der Waals surface area contributed by atoms with Crippen LogP contribution >= 0.6 is 23.4 Å². The fraction of sp³-hybridized carbons (Fsp3) is 0.125. The molecule has 0 aliphatic rings. The van der Waals surface area contributed by atoms with E-state index >= 15 is 0 Å². The van der Waals surface area contributed by atoms with E-state index in [0.29, 0.717) is 11.6 Å². The van der Waals surface area contributed by atoms with Crippen LogP contribution in [-0.2, 0) is 11.3 Å². The molecule has 0 bridgehead atoms. The van der Waals surface area contributed by atoms with Gasteiger partial charge in [-0.1, -0.05) is 53.7 Å². The Morgan fingerprint density at radius 2 is 2.00 bits per heavy atom. The van der Waals surface area contributed by atoms with Crippen LogP contribution in [0.25, 0.3) is 17.1 Å². The molecule has 0 unspecified atom stereocenters. The molecule has 1 N–H and O–H groups in total. The number of carbonyl (C=O) groups excluding carboxylic acids is 1. The minimum Gasteiger partial charge on any atom is -0.465 e. The summed E-state index contributed by atoms with van der Waals surface area (Å²) in [6.07, 6.45) is 5.02. The predicted octanol–water partition coefficient (Wildman–Crippen LogP) is 5.63. The van der Waals surface area contributed by atoms with Crippen LogP contribution in [0.3, 0.4) is 0 Å². The predicted molar refractivity (Wildman–Crippen MR) is 130 cm³/mol. The smallest absolute Gasteiger partial charge is 0.250 e. The highest BCUT2D eigenvalue weighted by molar-refractivity contribution is 7.99. The summed E-state index contributed by atoms with van der Waals surface area (Å²) >= 11 is 7.73. The van der Waals surface area contributed by atoms with Gasteiger partial charge >= 0.3 is 0 Å². The number of hydrogen-bond donors (Lipinski definition) is 1. The minimum absolute atomic E-state index is 0.185. The molecular formula is C24H21ClN4O2S. The van der Waals surface area contributed by atoms with Crippen LogP contribution < -0.4 is 5.43 Å². The van der Waals surface area contributed by atoms with Crippen molar-refractivity contribution in [3.8, 4) is 0 Å². The maximum Gasteiger partial charge on any atom is 0.250 e. The highest BCUT2D eigenvalue weighted by Crippen LogP contribution is 2.27. The maximum absolute atomic E-state index is 12.3. The maximum atomic E-state index is 12.3. The van der Waals surface area contributed by atoms with Gasteiger partial charge < -0.3 is 8.98 Å². The molecule has 1 amide bonds. The van der Waals surface area contributed by atoms with Crippen molar-refractivity contribution >= 4 is 52.6 Å². The van der Waals surface area contributed by atoms with Crippen molar-refractivity contribution in [3.63, 3.8) is 0 Å². The number of allylic oxidation sites excluding steroid dienone is 1. The van der Waals surface area contributed by atoms with Crippen LogP contribution in [0.4, 0.5) is 0 Å². The molecule has 4 rings (SSSR count). The van der Waals surface area contributed by atoms with Gasteiger partial charge in [-0.25, -0.2) is 10.4 Å². The first-order valence-electron chi connectivity index (χ1n) is 9.95. The van der Waals surface area contributed by atoms with E-state index in [1.165, 1.54) is 11.8 Å². The van der Waals surface area contributed by atoms with Gasteiger partial charge in [0.1, 0.15) is 5.76 Å². The van der Waals surface area contributed by atoms with Crippen molar-refractivity contribution in [1.82, 2.24) is 15.0 Å². The van der Waals surface area contributed by atoms with Gasteiger partial charge in [0.25, 0.3) is 5.91 Å². The second-order valence-electron chi connectivity index (χ2n) is 7.05. The van der Waals surface area contributed by atoms with Crippen molar-refractivity contribution < 1.29 is 9.21 Å². The van der Waals surface area contributed by atoms with E-state index in [9.17, 15) is 4.79 Å². The molecule has 0 fully saturated rings. The van der Waals surface area contributed by atoms with Crippen LogP contribution in [0.15, 0.2) is 87.2 Å². The van der Waals surface area contributed by atoms with E-state index in [-0.39, 0.29) is 11.7 Å². The summed E-state index contributed by atoms with van der Waals surface area (Å²) in [6.45, 7) is 2.45. The summed E-state index contributed by atoms with van der Waals surface area (Å²) < 4.78 is 7.34. The monoisotopic (exact) mass is 464 g/mol. The third kappa shape index (κ3) is 5.49. The third-order valence-electron chi connectivity index (χ3n) is 4.61. The number of aromatic nitrogens is 2. The van der Waals surface area contributed by atoms with Crippen molar-refractivity contribution in [3.05, 3.63) is 88.8 Å². The lowest BCUT2D eigenvalue weighted by Crippen LogP contribution is -2.20. The summed E-state index contributed by atoms with van der Waals surface area (Å²) in [7, 11) is 0.